The number of rotatable bonds is 2. The van der Waals surface area contributed by atoms with Crippen molar-refractivity contribution < 1.29 is 0 Å². The molecule has 16 heavy (non-hydrogen) atoms. The molecule has 0 bridgehead atoms. The van der Waals surface area contributed by atoms with Gasteiger partial charge in [-0.1, -0.05) is 13.8 Å². The average molecular weight is 223 g/mol. The highest BCUT2D eigenvalue weighted by atomic mass is 15.2. The predicted molar refractivity (Wildman–Crippen MR) is 70.6 cm³/mol. The van der Waals surface area contributed by atoms with Gasteiger partial charge in [-0.15, -0.1) is 0 Å². The maximum Gasteiger partial charge on any atom is 0.00412 e. The van der Waals surface area contributed by atoms with E-state index in [1.807, 2.05) is 0 Å². The molecule has 0 aromatic heterocycles. The monoisotopic (exact) mass is 223 g/mol. The second kappa shape index (κ2) is 4.68. The summed E-state index contributed by atoms with van der Waals surface area (Å²) >= 11 is 0. The van der Waals surface area contributed by atoms with Crippen molar-refractivity contribution >= 4 is 0 Å². The van der Waals surface area contributed by atoms with E-state index in [1.165, 1.54) is 45.2 Å². The lowest BCUT2D eigenvalue weighted by molar-refractivity contribution is 0.123. The van der Waals surface area contributed by atoms with Gasteiger partial charge in [0.1, 0.15) is 0 Å². The Morgan fingerprint density at radius 3 is 2.06 bits per heavy atom. The molecule has 1 heteroatoms. The molecule has 0 aromatic rings. The molecule has 2 rings (SSSR count). The molecule has 1 nitrogen and oxygen atoms in total. The second-order valence-electron chi connectivity index (χ2n) is 6.90. The Morgan fingerprint density at radius 2 is 1.62 bits per heavy atom. The zero-order valence-corrected chi connectivity index (χ0v) is 11.6. The van der Waals surface area contributed by atoms with Crippen molar-refractivity contribution in [3.63, 3.8) is 0 Å². The zero-order chi connectivity index (χ0) is 11.8. The van der Waals surface area contributed by atoms with Crippen LogP contribution in [0.5, 0.6) is 0 Å². The Morgan fingerprint density at radius 1 is 1.00 bits per heavy atom. The molecule has 2 aliphatic rings. The number of hydrogen-bond acceptors (Lipinski definition) is 1. The number of nitrogens with zero attached hydrogens (tertiary/aromatic N) is 1. The van der Waals surface area contributed by atoms with Crippen LogP contribution in [0.4, 0.5) is 0 Å². The molecule has 1 aliphatic heterocycles. The number of likely N-dealkylation sites (tertiary alicyclic amines) is 1. The van der Waals surface area contributed by atoms with Gasteiger partial charge in [0.2, 0.25) is 0 Å². The van der Waals surface area contributed by atoms with Gasteiger partial charge in [-0.2, -0.15) is 0 Å². The van der Waals surface area contributed by atoms with Crippen LogP contribution in [0.1, 0.15) is 59.8 Å². The molecule has 0 aromatic carbocycles. The molecule has 0 N–H and O–H groups in total. The average Bonchev–Trinajstić information content (AvgIpc) is 2.63. The fraction of sp³-hybridized carbons (Fsp3) is 1.00. The van der Waals surface area contributed by atoms with Crippen LogP contribution in [0.3, 0.4) is 0 Å². The highest BCUT2D eigenvalue weighted by Crippen LogP contribution is 2.47. The van der Waals surface area contributed by atoms with E-state index in [0.717, 1.165) is 23.3 Å². The fourth-order valence-electron chi connectivity index (χ4n) is 3.74. The molecule has 1 spiro atoms. The fourth-order valence-corrected chi connectivity index (χ4v) is 3.74. The summed E-state index contributed by atoms with van der Waals surface area (Å²) in [5.74, 6) is 1.92. The first-order chi connectivity index (χ1) is 7.52. The van der Waals surface area contributed by atoms with Crippen LogP contribution in [-0.4, -0.2) is 24.0 Å². The summed E-state index contributed by atoms with van der Waals surface area (Å²) < 4.78 is 0. The summed E-state index contributed by atoms with van der Waals surface area (Å²) in [5, 5.41) is 0. The topological polar surface area (TPSA) is 3.24 Å². The molecule has 1 saturated carbocycles. The summed E-state index contributed by atoms with van der Waals surface area (Å²) in [6.45, 7) is 12.2. The number of hydrogen-bond donors (Lipinski definition) is 0. The van der Waals surface area contributed by atoms with Crippen LogP contribution in [0, 0.1) is 17.3 Å². The van der Waals surface area contributed by atoms with E-state index in [4.69, 9.17) is 0 Å². The van der Waals surface area contributed by atoms with E-state index in [2.05, 4.69) is 32.6 Å². The van der Waals surface area contributed by atoms with Crippen molar-refractivity contribution in [2.75, 3.05) is 13.1 Å². The van der Waals surface area contributed by atoms with Crippen LogP contribution in [0.15, 0.2) is 0 Å². The van der Waals surface area contributed by atoms with Gasteiger partial charge >= 0.3 is 0 Å². The predicted octanol–water partition coefficient (Wildman–Crippen LogP) is 3.93. The SMILES string of the molecule is CC(C)C1CCC2(CC1)CCN(C(C)C)C2. The Bertz CT molecular complexity index is 224. The lowest BCUT2D eigenvalue weighted by Crippen LogP contribution is -2.35. The Hall–Kier alpha value is -0.0400. The van der Waals surface area contributed by atoms with Gasteiger partial charge in [0, 0.05) is 12.6 Å². The van der Waals surface area contributed by atoms with Crippen molar-refractivity contribution in [3.05, 3.63) is 0 Å². The van der Waals surface area contributed by atoms with Gasteiger partial charge in [-0.05, 0) is 69.7 Å². The van der Waals surface area contributed by atoms with Gasteiger partial charge in [0.25, 0.3) is 0 Å². The molecule has 0 radical (unpaired) electrons. The van der Waals surface area contributed by atoms with Crippen LogP contribution in [-0.2, 0) is 0 Å². The molecule has 0 atom stereocenters. The van der Waals surface area contributed by atoms with E-state index >= 15 is 0 Å². The molecule has 1 aliphatic carbocycles. The first-order valence-corrected chi connectivity index (χ1v) is 7.26. The van der Waals surface area contributed by atoms with Gasteiger partial charge in [-0.25, -0.2) is 0 Å². The summed E-state index contributed by atoms with van der Waals surface area (Å²) in [6.07, 6.45) is 7.45. The Balaban J connectivity index is 1.89. The van der Waals surface area contributed by atoms with Crippen molar-refractivity contribution in [1.29, 1.82) is 0 Å². The minimum atomic E-state index is 0.718. The standard InChI is InChI=1S/C15H29N/c1-12(2)14-5-7-15(8-6-14)9-10-16(11-15)13(3)4/h12-14H,5-11H2,1-4H3. The highest BCUT2D eigenvalue weighted by molar-refractivity contribution is 4.94. The maximum atomic E-state index is 2.69. The Labute approximate surface area is 102 Å². The third-order valence-electron chi connectivity index (χ3n) is 5.23. The lowest BCUT2D eigenvalue weighted by Gasteiger charge is -2.39. The summed E-state index contributed by atoms with van der Waals surface area (Å²) in [7, 11) is 0. The summed E-state index contributed by atoms with van der Waals surface area (Å²) in [4.78, 5) is 2.69. The highest BCUT2D eigenvalue weighted by Gasteiger charge is 2.41. The van der Waals surface area contributed by atoms with Gasteiger partial charge < -0.3 is 4.90 Å². The molecule has 0 amide bonds. The van der Waals surface area contributed by atoms with Gasteiger partial charge in [-0.3, -0.25) is 0 Å². The van der Waals surface area contributed by atoms with Crippen molar-refractivity contribution in [2.45, 2.75) is 65.8 Å². The van der Waals surface area contributed by atoms with E-state index < -0.39 is 0 Å². The normalized spacial score (nSPS) is 36.8. The first-order valence-electron chi connectivity index (χ1n) is 7.26. The molecule has 94 valence electrons. The van der Waals surface area contributed by atoms with Crippen molar-refractivity contribution in [1.82, 2.24) is 4.90 Å². The zero-order valence-electron chi connectivity index (χ0n) is 11.6. The smallest absolute Gasteiger partial charge is 0.00412 e. The first kappa shape index (κ1) is 12.4. The second-order valence-corrected chi connectivity index (χ2v) is 6.90. The maximum absolute atomic E-state index is 2.69. The molecular formula is C15H29N. The third-order valence-corrected chi connectivity index (χ3v) is 5.23. The largest absolute Gasteiger partial charge is 0.300 e. The van der Waals surface area contributed by atoms with Crippen molar-refractivity contribution in [2.24, 2.45) is 17.3 Å². The molecular weight excluding hydrogens is 194 g/mol. The van der Waals surface area contributed by atoms with Crippen LogP contribution in [0.2, 0.25) is 0 Å². The van der Waals surface area contributed by atoms with Crippen LogP contribution >= 0.6 is 0 Å². The van der Waals surface area contributed by atoms with E-state index in [-0.39, 0.29) is 0 Å². The molecule has 1 heterocycles. The van der Waals surface area contributed by atoms with Gasteiger partial charge in [0.05, 0.1) is 0 Å². The minimum Gasteiger partial charge on any atom is -0.300 e. The summed E-state index contributed by atoms with van der Waals surface area (Å²) in [6, 6.07) is 0.752. The van der Waals surface area contributed by atoms with Crippen LogP contribution in [0.25, 0.3) is 0 Å². The minimum absolute atomic E-state index is 0.718. The van der Waals surface area contributed by atoms with E-state index in [9.17, 15) is 0 Å². The lowest BCUT2D eigenvalue weighted by atomic mass is 9.67. The quantitative estimate of drug-likeness (QED) is 0.685. The van der Waals surface area contributed by atoms with Crippen LogP contribution < -0.4 is 0 Å². The van der Waals surface area contributed by atoms with E-state index in [1.54, 1.807) is 0 Å². The summed E-state index contributed by atoms with van der Waals surface area (Å²) in [5.41, 5.74) is 0.718. The van der Waals surface area contributed by atoms with E-state index in [0.29, 0.717) is 0 Å². The Kier molecular flexibility index (Phi) is 3.63. The van der Waals surface area contributed by atoms with Gasteiger partial charge in [0.15, 0.2) is 0 Å². The molecule has 0 unspecified atom stereocenters. The van der Waals surface area contributed by atoms with Crippen molar-refractivity contribution in [3.8, 4) is 0 Å². The molecule has 1 saturated heterocycles. The molecule has 2 fully saturated rings. The third kappa shape index (κ3) is 2.45.